The van der Waals surface area contributed by atoms with Crippen molar-refractivity contribution in [1.29, 1.82) is 0 Å². The van der Waals surface area contributed by atoms with Crippen LogP contribution in [0.15, 0.2) is 0 Å². The van der Waals surface area contributed by atoms with Gasteiger partial charge in [0, 0.05) is 39.4 Å². The Balaban J connectivity index is 0. The van der Waals surface area contributed by atoms with Crippen LogP contribution >= 0.6 is 9.90 Å². The van der Waals surface area contributed by atoms with Gasteiger partial charge in [0.25, 0.3) is 0 Å². The Morgan fingerprint density at radius 2 is 1.00 bits per heavy atom. The summed E-state index contributed by atoms with van der Waals surface area (Å²) in [4.78, 5) is 0. The van der Waals surface area contributed by atoms with Crippen LogP contribution < -0.4 is 0 Å². The monoisotopic (exact) mass is 230 g/mol. The summed E-state index contributed by atoms with van der Waals surface area (Å²) in [6.07, 6.45) is 0. The van der Waals surface area contributed by atoms with Crippen molar-refractivity contribution >= 4 is 33.0 Å². The van der Waals surface area contributed by atoms with Crippen LogP contribution in [0.1, 0.15) is 0 Å². The molecule has 4 heteroatoms. The zero-order valence-corrected chi connectivity index (χ0v) is 5.15. The molecule has 1 atom stereocenters. The first kappa shape index (κ1) is 31.9. The van der Waals surface area contributed by atoms with Crippen molar-refractivity contribution in [2.24, 2.45) is 0 Å². The maximum Gasteiger partial charge on any atom is 0.316 e. The normalized spacial score (nSPS) is 0. The summed E-state index contributed by atoms with van der Waals surface area (Å²) in [5, 5.41) is 0. The van der Waals surface area contributed by atoms with Crippen LogP contribution in [0, 0.1) is 0 Å². The predicted molar refractivity (Wildman–Crippen MR) is 19.6 cm³/mol. The summed E-state index contributed by atoms with van der Waals surface area (Å²) in [6, 6.07) is 0. The number of hydrogen-bond donors (Lipinski definition) is 0. The molecule has 0 aliphatic carbocycles. The predicted octanol–water partition coefficient (Wildman–Crippen LogP) is -0.863. The van der Waals surface area contributed by atoms with Crippen molar-refractivity contribution in [1.82, 2.24) is 0 Å². The molecule has 0 spiro atoms. The molecular weight excluding hydrogens is 227 g/mol. The van der Waals surface area contributed by atoms with Crippen LogP contribution in [-0.2, 0) is 39.4 Å². The van der Waals surface area contributed by atoms with E-state index in [-0.39, 0.29) is 72.4 Å². The Kier molecular flexibility index (Phi) is 143. The van der Waals surface area contributed by atoms with Crippen LogP contribution in [0.25, 0.3) is 0 Å². The minimum Gasteiger partial charge on any atom is -0.153 e. The number of hydrogen-bond acceptors (Lipinski definition) is 0. The third kappa shape index (κ3) is 8.82. The van der Waals surface area contributed by atoms with Crippen molar-refractivity contribution < 1.29 is 39.4 Å². The summed E-state index contributed by atoms with van der Waals surface area (Å²) in [7, 11) is 0. The molecular formula is H5AgCuMgP. The zero-order valence-electron chi connectivity index (χ0n) is 1.31. The molecule has 0 heterocycles. The van der Waals surface area contributed by atoms with Gasteiger partial charge in [-0.2, -0.15) is 9.90 Å². The second-order valence-electron chi connectivity index (χ2n) is 0. The summed E-state index contributed by atoms with van der Waals surface area (Å²) in [6.45, 7) is 0. The molecule has 1 unspecified atom stereocenters. The van der Waals surface area contributed by atoms with Crippen molar-refractivity contribution in [3.8, 4) is 0 Å². The average Bonchev–Trinajstić information content (AvgIpc) is 0. The SMILES string of the molecule is P.[Ag].[Cu].[MgH2]. The molecule has 0 bridgehead atoms. The zero-order chi connectivity index (χ0) is 0. The van der Waals surface area contributed by atoms with Crippen molar-refractivity contribution in [2.75, 3.05) is 0 Å². The van der Waals surface area contributed by atoms with Crippen LogP contribution in [0.5, 0.6) is 0 Å². The Bertz CT molecular complexity index is 8.00. The molecule has 0 fully saturated rings. The summed E-state index contributed by atoms with van der Waals surface area (Å²) in [5.74, 6) is 0. The average molecular weight is 232 g/mol. The van der Waals surface area contributed by atoms with E-state index in [0.717, 1.165) is 0 Å². The molecule has 0 saturated heterocycles. The summed E-state index contributed by atoms with van der Waals surface area (Å²) in [5.41, 5.74) is 0. The van der Waals surface area contributed by atoms with E-state index in [1.807, 2.05) is 0 Å². The number of rotatable bonds is 0. The van der Waals surface area contributed by atoms with E-state index in [1.165, 1.54) is 0 Å². The van der Waals surface area contributed by atoms with Gasteiger partial charge in [0.15, 0.2) is 0 Å². The van der Waals surface area contributed by atoms with Crippen LogP contribution in [0.2, 0.25) is 0 Å². The maximum atomic E-state index is 0. The summed E-state index contributed by atoms with van der Waals surface area (Å²) >= 11 is 0. The molecule has 0 N–H and O–H groups in total. The third-order valence-electron chi connectivity index (χ3n) is 0. The van der Waals surface area contributed by atoms with Crippen molar-refractivity contribution in [2.45, 2.75) is 0 Å². The van der Waals surface area contributed by atoms with Gasteiger partial charge in [-0.15, -0.1) is 0 Å². The first-order valence-electron chi connectivity index (χ1n) is 0. The van der Waals surface area contributed by atoms with Gasteiger partial charge in [-0.25, -0.2) is 0 Å². The maximum absolute atomic E-state index is 0. The smallest absolute Gasteiger partial charge is 0.153 e. The van der Waals surface area contributed by atoms with E-state index in [4.69, 9.17) is 0 Å². The fourth-order valence-electron chi connectivity index (χ4n) is 0. The molecule has 4 heavy (non-hydrogen) atoms. The van der Waals surface area contributed by atoms with Gasteiger partial charge >= 0.3 is 23.1 Å². The van der Waals surface area contributed by atoms with Crippen LogP contribution in [0.3, 0.4) is 0 Å². The molecule has 0 rings (SSSR count). The molecule has 0 aromatic carbocycles. The minimum absolute atomic E-state index is 0. The molecule has 0 aromatic rings. The third-order valence-corrected chi connectivity index (χ3v) is 0. The quantitative estimate of drug-likeness (QED) is 0.376. The van der Waals surface area contributed by atoms with E-state index < -0.39 is 0 Å². The second kappa shape index (κ2) is 18.0. The molecule has 2 radical (unpaired) electrons. The summed E-state index contributed by atoms with van der Waals surface area (Å²) < 4.78 is 0. The van der Waals surface area contributed by atoms with E-state index >= 15 is 0 Å². The van der Waals surface area contributed by atoms with Crippen molar-refractivity contribution in [3.63, 3.8) is 0 Å². The molecule has 34 valence electrons. The van der Waals surface area contributed by atoms with Crippen molar-refractivity contribution in [3.05, 3.63) is 0 Å². The molecule has 0 aromatic heterocycles. The molecule has 0 saturated carbocycles. The van der Waals surface area contributed by atoms with Gasteiger partial charge in [0.1, 0.15) is 0 Å². The molecule has 0 nitrogen and oxygen atoms in total. The van der Waals surface area contributed by atoms with Gasteiger partial charge in [-0.05, 0) is 0 Å². The minimum atomic E-state index is 0. The van der Waals surface area contributed by atoms with E-state index in [9.17, 15) is 0 Å². The second-order valence-corrected chi connectivity index (χ2v) is 0. The van der Waals surface area contributed by atoms with Gasteiger partial charge in [0.05, 0.1) is 0 Å². The fraction of sp³-hybridized carbons (Fsp3) is 0. The van der Waals surface area contributed by atoms with Crippen LogP contribution in [-0.4, -0.2) is 23.1 Å². The molecule has 0 amide bonds. The van der Waals surface area contributed by atoms with E-state index in [1.54, 1.807) is 0 Å². The molecule has 0 aliphatic rings. The fourth-order valence-corrected chi connectivity index (χ4v) is 0. The largest absolute Gasteiger partial charge is 0.316 e. The Morgan fingerprint density at radius 1 is 1.00 bits per heavy atom. The molecule has 0 aliphatic heterocycles. The van der Waals surface area contributed by atoms with E-state index in [2.05, 4.69) is 0 Å². The Morgan fingerprint density at radius 3 is 1.00 bits per heavy atom. The van der Waals surface area contributed by atoms with Gasteiger partial charge < -0.3 is 0 Å². The standard InChI is InChI=1S/Ag.Cu.Mg.H3P.2H/h;;;1H3;;. The van der Waals surface area contributed by atoms with Gasteiger partial charge in [-0.1, -0.05) is 0 Å². The topological polar surface area (TPSA) is 0 Å². The first-order valence-corrected chi connectivity index (χ1v) is 0. The Labute approximate surface area is 71.6 Å². The van der Waals surface area contributed by atoms with Gasteiger partial charge in [-0.3, -0.25) is 0 Å². The first-order chi connectivity index (χ1) is 0. The van der Waals surface area contributed by atoms with E-state index in [0.29, 0.717) is 0 Å². The van der Waals surface area contributed by atoms with Crippen LogP contribution in [0.4, 0.5) is 0 Å². The van der Waals surface area contributed by atoms with Gasteiger partial charge in [0.2, 0.25) is 0 Å². The Hall–Kier alpha value is 2.46.